The third-order valence-electron chi connectivity index (χ3n) is 5.80. The van der Waals surface area contributed by atoms with E-state index in [1.54, 1.807) is 0 Å². The summed E-state index contributed by atoms with van der Waals surface area (Å²) < 4.78 is 0. The minimum atomic E-state index is -0.641. The van der Waals surface area contributed by atoms with Gasteiger partial charge in [-0.25, -0.2) is 0 Å². The van der Waals surface area contributed by atoms with Crippen LogP contribution in [0.4, 0.5) is 0 Å². The molecule has 2 fully saturated rings. The lowest BCUT2D eigenvalue weighted by Gasteiger charge is -2.50. The number of piperidine rings is 1. The van der Waals surface area contributed by atoms with E-state index in [1.165, 1.54) is 11.1 Å². The molecule has 1 unspecified atom stereocenters. The van der Waals surface area contributed by atoms with Crippen molar-refractivity contribution in [1.29, 1.82) is 0 Å². The zero-order valence-corrected chi connectivity index (χ0v) is 15.0. The Labute approximate surface area is 155 Å². The van der Waals surface area contributed by atoms with Gasteiger partial charge in [0.1, 0.15) is 0 Å². The van der Waals surface area contributed by atoms with Crippen molar-refractivity contribution in [2.24, 2.45) is 5.92 Å². The lowest BCUT2D eigenvalue weighted by molar-refractivity contribution is -0.144. The third kappa shape index (κ3) is 3.53. The highest BCUT2D eigenvalue weighted by molar-refractivity contribution is 5.70. The number of carboxylic acid groups (broad SMARTS) is 1. The predicted octanol–water partition coefficient (Wildman–Crippen LogP) is 3.26. The van der Waals surface area contributed by atoms with E-state index in [0.29, 0.717) is 12.6 Å². The normalized spacial score (nSPS) is 22.3. The summed E-state index contributed by atoms with van der Waals surface area (Å²) in [6.07, 6.45) is 1.81. The van der Waals surface area contributed by atoms with Crippen molar-refractivity contribution in [3.63, 3.8) is 0 Å². The summed E-state index contributed by atoms with van der Waals surface area (Å²) in [5.41, 5.74) is 2.64. The van der Waals surface area contributed by atoms with Gasteiger partial charge < -0.3 is 5.11 Å². The maximum absolute atomic E-state index is 11.3. The fraction of sp³-hybridized carbons (Fsp3) is 0.409. The molecule has 136 valence electrons. The Hall–Kier alpha value is -2.17. The van der Waals surface area contributed by atoms with Crippen LogP contribution in [0, 0.1) is 5.92 Å². The van der Waals surface area contributed by atoms with Crippen LogP contribution in [-0.2, 0) is 4.79 Å². The number of benzene rings is 2. The first-order valence-electron chi connectivity index (χ1n) is 9.53. The van der Waals surface area contributed by atoms with Gasteiger partial charge in [-0.2, -0.15) is 0 Å². The van der Waals surface area contributed by atoms with Crippen molar-refractivity contribution in [3.8, 4) is 0 Å². The summed E-state index contributed by atoms with van der Waals surface area (Å²) in [5.74, 6) is -0.839. The Balaban J connectivity index is 1.47. The second-order valence-corrected chi connectivity index (χ2v) is 7.50. The van der Waals surface area contributed by atoms with Crippen LogP contribution in [0.2, 0.25) is 0 Å². The number of nitrogens with zero attached hydrogens (tertiary/aromatic N) is 2. The number of rotatable bonds is 5. The van der Waals surface area contributed by atoms with E-state index in [2.05, 4.69) is 70.5 Å². The number of hydrogen-bond acceptors (Lipinski definition) is 3. The minimum Gasteiger partial charge on any atom is -0.481 e. The van der Waals surface area contributed by atoms with Crippen LogP contribution in [0.1, 0.15) is 30.0 Å². The molecule has 26 heavy (non-hydrogen) atoms. The van der Waals surface area contributed by atoms with Crippen LogP contribution in [-0.4, -0.2) is 53.1 Å². The molecule has 0 spiro atoms. The first-order chi connectivity index (χ1) is 12.7. The number of hydrogen-bond donors (Lipinski definition) is 1. The minimum absolute atomic E-state index is 0.197. The molecule has 4 heteroatoms. The van der Waals surface area contributed by atoms with E-state index < -0.39 is 5.97 Å². The van der Waals surface area contributed by atoms with E-state index in [-0.39, 0.29) is 12.0 Å². The van der Waals surface area contributed by atoms with Crippen LogP contribution >= 0.6 is 0 Å². The molecule has 0 saturated carbocycles. The molecule has 2 saturated heterocycles. The van der Waals surface area contributed by atoms with Gasteiger partial charge in [0.25, 0.3) is 0 Å². The lowest BCUT2D eigenvalue weighted by atomic mass is 9.90. The Morgan fingerprint density at radius 1 is 0.923 bits per heavy atom. The monoisotopic (exact) mass is 350 g/mol. The van der Waals surface area contributed by atoms with E-state index >= 15 is 0 Å². The quantitative estimate of drug-likeness (QED) is 0.899. The molecule has 2 aliphatic rings. The van der Waals surface area contributed by atoms with E-state index in [1.807, 2.05) is 0 Å². The molecule has 2 aromatic rings. The fourth-order valence-corrected chi connectivity index (χ4v) is 4.35. The van der Waals surface area contributed by atoms with Crippen molar-refractivity contribution >= 4 is 5.97 Å². The Morgan fingerprint density at radius 2 is 1.50 bits per heavy atom. The van der Waals surface area contributed by atoms with Gasteiger partial charge in [0, 0.05) is 25.7 Å². The van der Waals surface area contributed by atoms with E-state index in [9.17, 15) is 9.90 Å². The summed E-state index contributed by atoms with van der Waals surface area (Å²) in [4.78, 5) is 16.2. The number of aliphatic carboxylic acids is 1. The smallest absolute Gasteiger partial charge is 0.307 e. The second-order valence-electron chi connectivity index (χ2n) is 7.50. The highest BCUT2D eigenvalue weighted by atomic mass is 16.4. The lowest BCUT2D eigenvalue weighted by Crippen LogP contribution is -2.62. The first kappa shape index (κ1) is 17.3. The molecular formula is C22H26N2O2. The van der Waals surface area contributed by atoms with Gasteiger partial charge in [0.15, 0.2) is 0 Å². The summed E-state index contributed by atoms with van der Waals surface area (Å²) >= 11 is 0. The highest BCUT2D eigenvalue weighted by Crippen LogP contribution is 2.34. The molecule has 1 N–H and O–H groups in total. The Bertz CT molecular complexity index is 689. The molecule has 2 aliphatic heterocycles. The average molecular weight is 350 g/mol. The Kier molecular flexibility index (Phi) is 5.05. The molecule has 1 atom stereocenters. The van der Waals surface area contributed by atoms with Crippen LogP contribution < -0.4 is 0 Å². The van der Waals surface area contributed by atoms with Gasteiger partial charge >= 0.3 is 5.97 Å². The zero-order valence-electron chi connectivity index (χ0n) is 15.0. The maximum atomic E-state index is 11.3. The summed E-state index contributed by atoms with van der Waals surface area (Å²) in [6.45, 7) is 3.74. The third-order valence-corrected chi connectivity index (χ3v) is 5.80. The maximum Gasteiger partial charge on any atom is 0.307 e. The average Bonchev–Trinajstić information content (AvgIpc) is 2.65. The predicted molar refractivity (Wildman–Crippen MR) is 102 cm³/mol. The van der Waals surface area contributed by atoms with Gasteiger partial charge in [0.05, 0.1) is 12.0 Å². The molecule has 2 heterocycles. The van der Waals surface area contributed by atoms with E-state index in [4.69, 9.17) is 0 Å². The van der Waals surface area contributed by atoms with Crippen molar-refractivity contribution in [2.45, 2.75) is 24.9 Å². The van der Waals surface area contributed by atoms with Crippen LogP contribution in [0.25, 0.3) is 0 Å². The molecule has 0 bridgehead atoms. The number of carboxylic acids is 1. The van der Waals surface area contributed by atoms with E-state index in [0.717, 1.165) is 32.5 Å². The summed E-state index contributed by atoms with van der Waals surface area (Å²) in [6, 6.07) is 22.1. The molecular weight excluding hydrogens is 324 g/mol. The van der Waals surface area contributed by atoms with Crippen molar-refractivity contribution < 1.29 is 9.90 Å². The zero-order chi connectivity index (χ0) is 17.9. The molecule has 4 rings (SSSR count). The molecule has 0 aliphatic carbocycles. The largest absolute Gasteiger partial charge is 0.481 e. The van der Waals surface area contributed by atoms with Gasteiger partial charge in [0.2, 0.25) is 0 Å². The first-order valence-corrected chi connectivity index (χ1v) is 9.53. The Morgan fingerprint density at radius 3 is 2.04 bits per heavy atom. The SMILES string of the molecule is O=C(O)C1CCCN(C2CN(C(c3ccccc3)c3ccccc3)C2)C1. The van der Waals surface area contributed by atoms with Crippen molar-refractivity contribution in [2.75, 3.05) is 26.2 Å². The highest BCUT2D eigenvalue weighted by Gasteiger charge is 2.39. The van der Waals surface area contributed by atoms with Crippen LogP contribution in [0.15, 0.2) is 60.7 Å². The van der Waals surface area contributed by atoms with Gasteiger partial charge in [-0.3, -0.25) is 14.6 Å². The molecule has 0 amide bonds. The number of likely N-dealkylation sites (tertiary alicyclic amines) is 2. The second kappa shape index (κ2) is 7.60. The van der Waals surface area contributed by atoms with Crippen LogP contribution in [0.3, 0.4) is 0 Å². The van der Waals surface area contributed by atoms with Gasteiger partial charge in [-0.1, -0.05) is 60.7 Å². The van der Waals surface area contributed by atoms with Crippen molar-refractivity contribution in [3.05, 3.63) is 71.8 Å². The number of carbonyl (C=O) groups is 1. The standard InChI is InChI=1S/C22H26N2O2/c25-22(26)19-12-7-13-23(14-19)20-15-24(16-20)21(17-8-3-1-4-9-17)18-10-5-2-6-11-18/h1-6,8-11,19-21H,7,12-16H2,(H,25,26). The molecule has 0 aromatic heterocycles. The van der Waals surface area contributed by atoms with Gasteiger partial charge in [-0.05, 0) is 30.5 Å². The summed E-state index contributed by atoms with van der Waals surface area (Å²) in [7, 11) is 0. The summed E-state index contributed by atoms with van der Waals surface area (Å²) in [5, 5.41) is 9.33. The fourth-order valence-electron chi connectivity index (χ4n) is 4.35. The van der Waals surface area contributed by atoms with Crippen molar-refractivity contribution in [1.82, 2.24) is 9.80 Å². The van der Waals surface area contributed by atoms with Crippen LogP contribution in [0.5, 0.6) is 0 Å². The molecule has 4 nitrogen and oxygen atoms in total. The molecule has 2 aromatic carbocycles. The topological polar surface area (TPSA) is 43.8 Å². The van der Waals surface area contributed by atoms with Gasteiger partial charge in [-0.15, -0.1) is 0 Å². The molecule has 0 radical (unpaired) electrons.